The Kier molecular flexibility index (Phi) is 6.11. The molecule has 2 rings (SSSR count). The van der Waals surface area contributed by atoms with Gasteiger partial charge in [-0.2, -0.15) is 0 Å². The molecule has 1 N–H and O–H groups in total. The van der Waals surface area contributed by atoms with Gasteiger partial charge in [-0.15, -0.1) is 0 Å². The highest BCUT2D eigenvalue weighted by atomic mass is 35.5. The fourth-order valence-electron chi connectivity index (χ4n) is 1.96. The number of amides is 1. The predicted octanol–water partition coefficient (Wildman–Crippen LogP) is 3.74. The van der Waals surface area contributed by atoms with Gasteiger partial charge in [-0.05, 0) is 43.3 Å². The average Bonchev–Trinajstić information content (AvgIpc) is 2.55. The molecule has 0 saturated carbocycles. The topological polar surface area (TPSA) is 68.3 Å². The smallest absolute Gasteiger partial charge is 0.226 e. The van der Waals surface area contributed by atoms with Crippen LogP contribution in [0.5, 0.6) is 5.75 Å². The summed E-state index contributed by atoms with van der Waals surface area (Å²) in [6.45, 7) is 2.33. The van der Waals surface area contributed by atoms with Crippen LogP contribution in [0.25, 0.3) is 0 Å². The first-order valence-corrected chi connectivity index (χ1v) is 7.64. The summed E-state index contributed by atoms with van der Waals surface area (Å²) in [6, 6.07) is 10.0. The van der Waals surface area contributed by atoms with Crippen molar-refractivity contribution in [3.63, 3.8) is 0 Å². The van der Waals surface area contributed by atoms with Crippen molar-refractivity contribution in [3.05, 3.63) is 53.2 Å². The number of nitrogens with zero attached hydrogens (tertiary/aromatic N) is 1. The lowest BCUT2D eigenvalue weighted by Gasteiger charge is -2.09. The Morgan fingerprint density at radius 2 is 1.91 bits per heavy atom. The average molecular weight is 333 g/mol. The van der Waals surface area contributed by atoms with Crippen molar-refractivity contribution < 1.29 is 14.3 Å². The van der Waals surface area contributed by atoms with Crippen LogP contribution in [0.15, 0.2) is 42.6 Å². The van der Waals surface area contributed by atoms with Gasteiger partial charge in [0, 0.05) is 29.6 Å². The van der Waals surface area contributed by atoms with Gasteiger partial charge in [0.1, 0.15) is 0 Å². The molecule has 1 aromatic carbocycles. The molecule has 0 saturated heterocycles. The van der Waals surface area contributed by atoms with Crippen molar-refractivity contribution in [1.82, 2.24) is 4.98 Å². The van der Waals surface area contributed by atoms with Gasteiger partial charge in [0.2, 0.25) is 5.91 Å². The van der Waals surface area contributed by atoms with Crippen LogP contribution < -0.4 is 10.1 Å². The Morgan fingerprint density at radius 3 is 2.61 bits per heavy atom. The Hall–Kier alpha value is -2.40. The molecule has 6 heteroatoms. The van der Waals surface area contributed by atoms with Crippen LogP contribution in [0, 0.1) is 0 Å². The summed E-state index contributed by atoms with van der Waals surface area (Å²) in [5.74, 6) is 0.473. The molecule has 1 heterocycles. The van der Waals surface area contributed by atoms with Crippen LogP contribution in [0.4, 0.5) is 5.82 Å². The summed E-state index contributed by atoms with van der Waals surface area (Å²) in [6.07, 6.45) is 1.75. The van der Waals surface area contributed by atoms with Gasteiger partial charge in [-0.1, -0.05) is 11.6 Å². The summed E-state index contributed by atoms with van der Waals surface area (Å²) in [5.41, 5.74) is 0.537. The molecule has 0 bridgehead atoms. The van der Waals surface area contributed by atoms with Crippen LogP contribution in [0.2, 0.25) is 5.02 Å². The van der Waals surface area contributed by atoms with Crippen molar-refractivity contribution in [3.8, 4) is 5.75 Å². The number of carbonyl (C=O) groups is 2. The maximum absolute atomic E-state index is 12.0. The Labute approximate surface area is 139 Å². The van der Waals surface area contributed by atoms with Crippen molar-refractivity contribution >= 4 is 29.1 Å². The minimum atomic E-state index is -0.285. The molecular formula is C17H17ClN2O3. The predicted molar refractivity (Wildman–Crippen MR) is 89.1 cm³/mol. The number of benzene rings is 1. The van der Waals surface area contributed by atoms with E-state index >= 15 is 0 Å². The van der Waals surface area contributed by atoms with E-state index in [4.69, 9.17) is 16.3 Å². The summed E-state index contributed by atoms with van der Waals surface area (Å²) in [5, 5.41) is 3.23. The van der Waals surface area contributed by atoms with Gasteiger partial charge in [0.15, 0.2) is 17.4 Å². The molecule has 23 heavy (non-hydrogen) atoms. The number of hydrogen-bond donors (Lipinski definition) is 1. The SMILES string of the molecule is CCOc1cccnc1NC(=O)CCC(=O)c1ccc(Cl)cc1. The third kappa shape index (κ3) is 5.07. The number of ether oxygens (including phenoxy) is 1. The number of anilines is 1. The fourth-order valence-corrected chi connectivity index (χ4v) is 2.08. The first-order valence-electron chi connectivity index (χ1n) is 7.26. The lowest BCUT2D eigenvalue weighted by atomic mass is 10.1. The van der Waals surface area contributed by atoms with Gasteiger partial charge in [0.05, 0.1) is 6.61 Å². The van der Waals surface area contributed by atoms with E-state index in [1.165, 1.54) is 0 Å². The third-order valence-electron chi connectivity index (χ3n) is 3.07. The van der Waals surface area contributed by atoms with E-state index < -0.39 is 0 Å². The van der Waals surface area contributed by atoms with Crippen LogP contribution in [-0.2, 0) is 4.79 Å². The van der Waals surface area contributed by atoms with Gasteiger partial charge < -0.3 is 10.1 Å². The molecule has 1 aromatic heterocycles. The molecule has 0 aliphatic carbocycles. The molecule has 0 fully saturated rings. The quantitative estimate of drug-likeness (QED) is 0.784. The second-order valence-electron chi connectivity index (χ2n) is 4.76. The van der Waals surface area contributed by atoms with Crippen molar-refractivity contribution in [2.24, 2.45) is 0 Å². The highest BCUT2D eigenvalue weighted by molar-refractivity contribution is 6.30. The van der Waals surface area contributed by atoms with E-state index in [1.54, 1.807) is 42.6 Å². The second kappa shape index (κ2) is 8.29. The van der Waals surface area contributed by atoms with E-state index in [-0.39, 0.29) is 24.5 Å². The fraction of sp³-hybridized carbons (Fsp3) is 0.235. The number of hydrogen-bond acceptors (Lipinski definition) is 4. The third-order valence-corrected chi connectivity index (χ3v) is 3.33. The lowest BCUT2D eigenvalue weighted by molar-refractivity contribution is -0.116. The van der Waals surface area contributed by atoms with E-state index in [9.17, 15) is 9.59 Å². The van der Waals surface area contributed by atoms with Crippen LogP contribution in [0.1, 0.15) is 30.1 Å². The van der Waals surface area contributed by atoms with Gasteiger partial charge >= 0.3 is 0 Å². The molecule has 0 aliphatic rings. The number of aromatic nitrogens is 1. The second-order valence-corrected chi connectivity index (χ2v) is 5.20. The van der Waals surface area contributed by atoms with E-state index in [0.717, 1.165) is 0 Å². The maximum atomic E-state index is 12.0. The standard InChI is InChI=1S/C17H17ClN2O3/c1-2-23-15-4-3-11-19-17(15)20-16(22)10-9-14(21)12-5-7-13(18)8-6-12/h3-8,11H,2,9-10H2,1H3,(H,19,20,22). The molecule has 0 aliphatic heterocycles. The first kappa shape index (κ1) is 17.0. The van der Waals surface area contributed by atoms with Crippen LogP contribution in [-0.4, -0.2) is 23.3 Å². The van der Waals surface area contributed by atoms with Gasteiger partial charge in [0.25, 0.3) is 0 Å². The Morgan fingerprint density at radius 1 is 1.17 bits per heavy atom. The van der Waals surface area contributed by atoms with Gasteiger partial charge in [-0.25, -0.2) is 4.98 Å². The Balaban J connectivity index is 1.90. The molecule has 0 unspecified atom stereocenters. The molecule has 0 spiro atoms. The van der Waals surface area contributed by atoms with Gasteiger partial charge in [-0.3, -0.25) is 9.59 Å². The maximum Gasteiger partial charge on any atom is 0.226 e. The summed E-state index contributed by atoms with van der Waals surface area (Å²) in [4.78, 5) is 28.1. The number of carbonyl (C=O) groups excluding carboxylic acids is 2. The number of pyridine rings is 1. The van der Waals surface area contributed by atoms with E-state index in [0.29, 0.717) is 28.8 Å². The zero-order valence-corrected chi connectivity index (χ0v) is 13.5. The highest BCUT2D eigenvalue weighted by Crippen LogP contribution is 2.21. The first-order chi connectivity index (χ1) is 11.1. The molecule has 2 aromatic rings. The van der Waals surface area contributed by atoms with Crippen LogP contribution >= 0.6 is 11.6 Å². The molecular weight excluding hydrogens is 316 g/mol. The molecule has 120 valence electrons. The van der Waals surface area contributed by atoms with Crippen molar-refractivity contribution in [2.45, 2.75) is 19.8 Å². The molecule has 5 nitrogen and oxygen atoms in total. The Bertz CT molecular complexity index is 686. The lowest BCUT2D eigenvalue weighted by Crippen LogP contribution is -2.15. The zero-order valence-electron chi connectivity index (χ0n) is 12.7. The minimum absolute atomic E-state index is 0.0730. The van der Waals surface area contributed by atoms with Crippen molar-refractivity contribution in [1.29, 1.82) is 0 Å². The number of nitrogens with one attached hydrogen (secondary N) is 1. The molecule has 0 radical (unpaired) electrons. The summed E-state index contributed by atoms with van der Waals surface area (Å²) >= 11 is 5.78. The molecule has 1 amide bonds. The zero-order chi connectivity index (χ0) is 16.7. The number of ketones is 1. The molecule has 0 atom stereocenters. The summed E-state index contributed by atoms with van der Waals surface area (Å²) in [7, 11) is 0. The van der Waals surface area contributed by atoms with Crippen LogP contribution in [0.3, 0.4) is 0 Å². The number of rotatable bonds is 7. The van der Waals surface area contributed by atoms with E-state index in [2.05, 4.69) is 10.3 Å². The number of halogens is 1. The largest absolute Gasteiger partial charge is 0.490 e. The van der Waals surface area contributed by atoms with E-state index in [1.807, 2.05) is 6.92 Å². The normalized spacial score (nSPS) is 10.2. The van der Waals surface area contributed by atoms with Crippen molar-refractivity contribution in [2.75, 3.05) is 11.9 Å². The summed E-state index contributed by atoms with van der Waals surface area (Å²) < 4.78 is 5.39. The monoisotopic (exact) mass is 332 g/mol. The highest BCUT2D eigenvalue weighted by Gasteiger charge is 2.12. The number of Topliss-reactive ketones (excluding diaryl/α,β-unsaturated/α-hetero) is 1. The minimum Gasteiger partial charge on any atom is -0.490 e.